The van der Waals surface area contributed by atoms with E-state index in [0.717, 1.165) is 33.1 Å². The summed E-state index contributed by atoms with van der Waals surface area (Å²) in [5.74, 6) is 0. The summed E-state index contributed by atoms with van der Waals surface area (Å²) >= 11 is 1.59. The van der Waals surface area contributed by atoms with Gasteiger partial charge in [0, 0.05) is 18.1 Å². The molecule has 0 aliphatic rings. The van der Waals surface area contributed by atoms with Gasteiger partial charge in [-0.05, 0) is 42.9 Å². The highest BCUT2D eigenvalue weighted by molar-refractivity contribution is 7.99. The molecule has 0 aliphatic heterocycles. The Balaban J connectivity index is 1.95. The zero-order valence-corrected chi connectivity index (χ0v) is 12.8. The van der Waals surface area contributed by atoms with E-state index < -0.39 is 0 Å². The zero-order chi connectivity index (χ0) is 14.7. The summed E-state index contributed by atoms with van der Waals surface area (Å²) in [5, 5.41) is 6.12. The lowest BCUT2D eigenvalue weighted by atomic mass is 10.2. The Morgan fingerprint density at radius 3 is 2.76 bits per heavy atom. The number of para-hydroxylation sites is 1. The largest absolute Gasteiger partial charge is 0.316 e. The average molecular weight is 296 g/mol. The van der Waals surface area contributed by atoms with Crippen LogP contribution in [-0.2, 0) is 6.54 Å². The SMILES string of the molecule is CNCc1cnc(Sc2ncnc3ccccc23)c(C)c1. The molecule has 3 rings (SSSR count). The molecule has 1 aromatic carbocycles. The molecule has 5 heteroatoms. The molecule has 21 heavy (non-hydrogen) atoms. The third-order valence-electron chi connectivity index (χ3n) is 3.17. The second-order valence-corrected chi connectivity index (χ2v) is 5.77. The van der Waals surface area contributed by atoms with Crippen molar-refractivity contribution >= 4 is 22.7 Å². The van der Waals surface area contributed by atoms with Gasteiger partial charge in [-0.25, -0.2) is 15.0 Å². The summed E-state index contributed by atoms with van der Waals surface area (Å²) in [6, 6.07) is 10.2. The molecule has 0 aliphatic carbocycles. The number of benzene rings is 1. The van der Waals surface area contributed by atoms with E-state index in [1.54, 1.807) is 18.1 Å². The lowest BCUT2D eigenvalue weighted by Crippen LogP contribution is -2.05. The van der Waals surface area contributed by atoms with Crippen LogP contribution < -0.4 is 5.32 Å². The number of hydrogen-bond donors (Lipinski definition) is 1. The van der Waals surface area contributed by atoms with Crippen LogP contribution in [0.15, 0.2) is 52.9 Å². The molecule has 0 saturated heterocycles. The fourth-order valence-electron chi connectivity index (χ4n) is 2.18. The maximum Gasteiger partial charge on any atom is 0.117 e. The van der Waals surface area contributed by atoms with Crippen molar-refractivity contribution in [2.75, 3.05) is 7.05 Å². The van der Waals surface area contributed by atoms with Gasteiger partial charge in [0.15, 0.2) is 0 Å². The predicted octanol–water partition coefficient (Wildman–Crippen LogP) is 3.20. The van der Waals surface area contributed by atoms with Crippen LogP contribution in [0.4, 0.5) is 0 Å². The van der Waals surface area contributed by atoms with E-state index in [9.17, 15) is 0 Å². The van der Waals surface area contributed by atoms with Gasteiger partial charge in [0.2, 0.25) is 0 Å². The number of aryl methyl sites for hydroxylation is 1. The Morgan fingerprint density at radius 1 is 1.10 bits per heavy atom. The normalized spacial score (nSPS) is 11.0. The number of pyridine rings is 1. The quantitative estimate of drug-likeness (QED) is 0.749. The standard InChI is InChI=1S/C16H16N4S/c1-11-7-12(8-17-2)9-18-15(11)21-16-13-5-3-4-6-14(13)19-10-20-16/h3-7,9-10,17H,8H2,1-2H3. The van der Waals surface area contributed by atoms with Crippen LogP contribution in [0.3, 0.4) is 0 Å². The molecule has 0 fully saturated rings. The predicted molar refractivity (Wildman–Crippen MR) is 85.4 cm³/mol. The summed E-state index contributed by atoms with van der Waals surface area (Å²) < 4.78 is 0. The van der Waals surface area contributed by atoms with Crippen molar-refractivity contribution in [2.24, 2.45) is 0 Å². The van der Waals surface area contributed by atoms with Gasteiger partial charge in [-0.15, -0.1) is 0 Å². The summed E-state index contributed by atoms with van der Waals surface area (Å²) in [6.45, 7) is 2.91. The molecule has 0 atom stereocenters. The first kappa shape index (κ1) is 14.0. The second kappa shape index (κ2) is 6.20. The van der Waals surface area contributed by atoms with Crippen LogP contribution in [-0.4, -0.2) is 22.0 Å². The Bertz CT molecular complexity index is 768. The maximum absolute atomic E-state index is 4.56. The molecule has 106 valence electrons. The van der Waals surface area contributed by atoms with Crippen molar-refractivity contribution in [1.82, 2.24) is 20.3 Å². The molecule has 0 amide bonds. The Morgan fingerprint density at radius 2 is 1.95 bits per heavy atom. The third kappa shape index (κ3) is 3.04. The summed E-state index contributed by atoms with van der Waals surface area (Å²) in [4.78, 5) is 13.3. The fraction of sp³-hybridized carbons (Fsp3) is 0.188. The van der Waals surface area contributed by atoms with Gasteiger partial charge in [0.05, 0.1) is 5.52 Å². The van der Waals surface area contributed by atoms with Crippen LogP contribution in [0.25, 0.3) is 10.9 Å². The molecule has 4 nitrogen and oxygen atoms in total. The molecular formula is C16H16N4S. The van der Waals surface area contributed by atoms with Crippen LogP contribution >= 0.6 is 11.8 Å². The molecule has 0 spiro atoms. The lowest BCUT2D eigenvalue weighted by Gasteiger charge is -2.08. The van der Waals surface area contributed by atoms with Gasteiger partial charge in [-0.1, -0.05) is 24.3 Å². The molecule has 0 saturated carbocycles. The number of fused-ring (bicyclic) bond motifs is 1. The molecule has 0 bridgehead atoms. The monoisotopic (exact) mass is 296 g/mol. The lowest BCUT2D eigenvalue weighted by molar-refractivity contribution is 0.806. The Kier molecular flexibility index (Phi) is 4.13. The van der Waals surface area contributed by atoms with E-state index in [-0.39, 0.29) is 0 Å². The number of nitrogens with one attached hydrogen (secondary N) is 1. The molecule has 3 aromatic rings. The topological polar surface area (TPSA) is 50.7 Å². The van der Waals surface area contributed by atoms with Gasteiger partial charge >= 0.3 is 0 Å². The minimum absolute atomic E-state index is 0.829. The number of nitrogens with zero attached hydrogens (tertiary/aromatic N) is 3. The fourth-order valence-corrected chi connectivity index (χ4v) is 3.07. The first-order valence-electron chi connectivity index (χ1n) is 6.75. The van der Waals surface area contributed by atoms with E-state index >= 15 is 0 Å². The van der Waals surface area contributed by atoms with Gasteiger partial charge in [0.25, 0.3) is 0 Å². The highest BCUT2D eigenvalue weighted by atomic mass is 32.2. The molecule has 2 heterocycles. The molecule has 0 radical (unpaired) electrons. The van der Waals surface area contributed by atoms with Crippen molar-refractivity contribution in [3.63, 3.8) is 0 Å². The first-order valence-corrected chi connectivity index (χ1v) is 7.57. The summed E-state index contributed by atoms with van der Waals surface area (Å²) in [7, 11) is 1.94. The van der Waals surface area contributed by atoms with Crippen LogP contribution in [0.1, 0.15) is 11.1 Å². The number of aromatic nitrogens is 3. The van der Waals surface area contributed by atoms with Gasteiger partial charge in [0.1, 0.15) is 16.4 Å². The highest BCUT2D eigenvalue weighted by Crippen LogP contribution is 2.31. The van der Waals surface area contributed by atoms with Crippen LogP contribution in [0.5, 0.6) is 0 Å². The van der Waals surface area contributed by atoms with Crippen molar-refractivity contribution in [2.45, 2.75) is 23.5 Å². The van der Waals surface area contributed by atoms with Crippen molar-refractivity contribution in [3.05, 3.63) is 54.0 Å². The van der Waals surface area contributed by atoms with Crippen molar-refractivity contribution < 1.29 is 0 Å². The molecule has 2 aromatic heterocycles. The van der Waals surface area contributed by atoms with E-state index in [1.807, 2.05) is 37.5 Å². The van der Waals surface area contributed by atoms with Gasteiger partial charge in [-0.3, -0.25) is 0 Å². The van der Waals surface area contributed by atoms with Gasteiger partial charge in [-0.2, -0.15) is 0 Å². The van der Waals surface area contributed by atoms with Crippen molar-refractivity contribution in [1.29, 1.82) is 0 Å². The third-order valence-corrected chi connectivity index (χ3v) is 4.31. The minimum Gasteiger partial charge on any atom is -0.316 e. The van der Waals surface area contributed by atoms with Crippen molar-refractivity contribution in [3.8, 4) is 0 Å². The summed E-state index contributed by atoms with van der Waals surface area (Å²) in [6.07, 6.45) is 3.52. The Labute approximate surface area is 128 Å². The Hall–Kier alpha value is -1.98. The average Bonchev–Trinajstić information content (AvgIpc) is 2.51. The van der Waals surface area contributed by atoms with Gasteiger partial charge < -0.3 is 5.32 Å². The smallest absolute Gasteiger partial charge is 0.117 e. The van der Waals surface area contributed by atoms with E-state index in [1.165, 1.54) is 5.56 Å². The van der Waals surface area contributed by atoms with E-state index in [0.29, 0.717) is 0 Å². The first-order chi connectivity index (χ1) is 10.3. The molecular weight excluding hydrogens is 280 g/mol. The van der Waals surface area contributed by atoms with Crippen LogP contribution in [0, 0.1) is 6.92 Å². The van der Waals surface area contributed by atoms with Crippen LogP contribution in [0.2, 0.25) is 0 Å². The van der Waals surface area contributed by atoms with E-state index in [4.69, 9.17) is 0 Å². The minimum atomic E-state index is 0.829. The number of hydrogen-bond acceptors (Lipinski definition) is 5. The number of rotatable bonds is 4. The molecule has 1 N–H and O–H groups in total. The molecule has 0 unspecified atom stereocenters. The van der Waals surface area contributed by atoms with E-state index in [2.05, 4.69) is 33.3 Å². The summed E-state index contributed by atoms with van der Waals surface area (Å²) in [5.41, 5.74) is 3.31. The second-order valence-electron chi connectivity index (χ2n) is 4.79. The highest BCUT2D eigenvalue weighted by Gasteiger charge is 2.09. The zero-order valence-electron chi connectivity index (χ0n) is 12.0. The maximum atomic E-state index is 4.56.